The Morgan fingerprint density at radius 3 is 2.88 bits per heavy atom. The molecule has 1 aromatic heterocycles. The van der Waals surface area contributed by atoms with Gasteiger partial charge in [-0.3, -0.25) is 0 Å². The van der Waals surface area contributed by atoms with Crippen LogP contribution in [0.4, 0.5) is 0 Å². The maximum absolute atomic E-state index is 5.61. The summed E-state index contributed by atoms with van der Waals surface area (Å²) in [5, 5.41) is 7.43. The molecule has 0 aliphatic rings. The number of ether oxygens (including phenoxy) is 1. The van der Waals surface area contributed by atoms with E-state index in [0.29, 0.717) is 18.8 Å². The first-order valence-corrected chi connectivity index (χ1v) is 5.89. The molecule has 90 valence electrons. The molecular formula is C11H12BrN3O2. The van der Waals surface area contributed by atoms with Gasteiger partial charge in [-0.05, 0) is 30.7 Å². The molecule has 0 unspecified atom stereocenters. The van der Waals surface area contributed by atoms with Crippen molar-refractivity contribution in [3.05, 3.63) is 39.6 Å². The summed E-state index contributed by atoms with van der Waals surface area (Å²) < 4.78 is 11.2. The van der Waals surface area contributed by atoms with E-state index in [2.05, 4.69) is 30.9 Å². The van der Waals surface area contributed by atoms with Gasteiger partial charge >= 0.3 is 0 Å². The van der Waals surface area contributed by atoms with Crippen LogP contribution in [-0.4, -0.2) is 10.3 Å². The number of rotatable bonds is 4. The molecule has 0 aliphatic heterocycles. The minimum atomic E-state index is 0.334. The second-order valence-electron chi connectivity index (χ2n) is 3.54. The SMILES string of the molecule is Cc1nonc1COc1ccc(Br)c(CN)c1. The van der Waals surface area contributed by atoms with Crippen molar-refractivity contribution < 1.29 is 9.37 Å². The van der Waals surface area contributed by atoms with Crippen LogP contribution in [0.3, 0.4) is 0 Å². The Morgan fingerprint density at radius 1 is 1.41 bits per heavy atom. The summed E-state index contributed by atoms with van der Waals surface area (Å²) in [7, 11) is 0. The molecule has 1 aromatic carbocycles. The van der Waals surface area contributed by atoms with Crippen LogP contribution in [0.1, 0.15) is 17.0 Å². The van der Waals surface area contributed by atoms with Crippen LogP contribution in [0, 0.1) is 6.92 Å². The van der Waals surface area contributed by atoms with Crippen molar-refractivity contribution in [3.63, 3.8) is 0 Å². The zero-order valence-corrected chi connectivity index (χ0v) is 10.9. The molecule has 17 heavy (non-hydrogen) atoms. The Bertz CT molecular complexity index is 513. The maximum atomic E-state index is 5.61. The molecule has 0 saturated heterocycles. The van der Waals surface area contributed by atoms with Crippen LogP contribution >= 0.6 is 15.9 Å². The fourth-order valence-electron chi connectivity index (χ4n) is 1.33. The normalized spacial score (nSPS) is 10.5. The Hall–Kier alpha value is -1.40. The third kappa shape index (κ3) is 2.83. The molecule has 0 aliphatic carbocycles. The third-order valence-corrected chi connectivity index (χ3v) is 3.13. The highest BCUT2D eigenvalue weighted by molar-refractivity contribution is 9.10. The number of aromatic nitrogens is 2. The van der Waals surface area contributed by atoms with E-state index in [0.717, 1.165) is 21.5 Å². The van der Waals surface area contributed by atoms with Gasteiger partial charge in [0.2, 0.25) is 0 Å². The van der Waals surface area contributed by atoms with Gasteiger partial charge in [0.05, 0.1) is 0 Å². The van der Waals surface area contributed by atoms with Crippen molar-refractivity contribution in [2.75, 3.05) is 0 Å². The summed E-state index contributed by atoms with van der Waals surface area (Å²) in [4.78, 5) is 0. The number of nitrogens with zero attached hydrogens (tertiary/aromatic N) is 2. The Kier molecular flexibility index (Phi) is 3.75. The predicted octanol–water partition coefficient (Wildman–Crippen LogP) is 2.18. The van der Waals surface area contributed by atoms with E-state index in [-0.39, 0.29) is 0 Å². The van der Waals surface area contributed by atoms with E-state index in [1.807, 2.05) is 25.1 Å². The lowest BCUT2D eigenvalue weighted by atomic mass is 10.2. The van der Waals surface area contributed by atoms with Gasteiger partial charge in [0.25, 0.3) is 0 Å². The largest absolute Gasteiger partial charge is 0.487 e. The van der Waals surface area contributed by atoms with E-state index in [1.54, 1.807) is 0 Å². The molecule has 6 heteroatoms. The average molecular weight is 298 g/mol. The Labute approximate surface area is 107 Å². The highest BCUT2D eigenvalue weighted by atomic mass is 79.9. The number of aryl methyl sites for hydroxylation is 1. The maximum Gasteiger partial charge on any atom is 0.145 e. The summed E-state index contributed by atoms with van der Waals surface area (Å²) in [6.07, 6.45) is 0. The highest BCUT2D eigenvalue weighted by Crippen LogP contribution is 2.22. The first-order chi connectivity index (χ1) is 8.20. The first kappa shape index (κ1) is 12.1. The van der Waals surface area contributed by atoms with Crippen LogP contribution < -0.4 is 10.5 Å². The van der Waals surface area contributed by atoms with Gasteiger partial charge < -0.3 is 10.5 Å². The number of halogens is 1. The molecule has 2 aromatic rings. The second kappa shape index (κ2) is 5.29. The lowest BCUT2D eigenvalue weighted by Crippen LogP contribution is -2.01. The van der Waals surface area contributed by atoms with Crippen molar-refractivity contribution in [1.29, 1.82) is 0 Å². The van der Waals surface area contributed by atoms with Crippen LogP contribution in [0.15, 0.2) is 27.3 Å². The molecule has 0 fully saturated rings. The van der Waals surface area contributed by atoms with Crippen LogP contribution in [0.25, 0.3) is 0 Å². The van der Waals surface area contributed by atoms with Crippen molar-refractivity contribution in [3.8, 4) is 5.75 Å². The summed E-state index contributed by atoms with van der Waals surface area (Å²) in [6, 6.07) is 5.67. The van der Waals surface area contributed by atoms with E-state index in [4.69, 9.17) is 10.5 Å². The summed E-state index contributed by atoms with van der Waals surface area (Å²) in [5.41, 5.74) is 8.04. The van der Waals surface area contributed by atoms with Crippen molar-refractivity contribution in [1.82, 2.24) is 10.3 Å². The Morgan fingerprint density at radius 2 is 2.24 bits per heavy atom. The molecule has 0 bridgehead atoms. The number of hydrogen-bond donors (Lipinski definition) is 1. The molecule has 0 spiro atoms. The molecule has 0 saturated carbocycles. The predicted molar refractivity (Wildman–Crippen MR) is 65.4 cm³/mol. The van der Waals surface area contributed by atoms with E-state index in [9.17, 15) is 0 Å². The zero-order valence-electron chi connectivity index (χ0n) is 9.31. The molecule has 0 radical (unpaired) electrons. The summed E-state index contributed by atoms with van der Waals surface area (Å²) in [6.45, 7) is 2.62. The number of nitrogens with two attached hydrogens (primary N) is 1. The third-order valence-electron chi connectivity index (χ3n) is 2.36. The quantitative estimate of drug-likeness (QED) is 0.936. The molecule has 2 rings (SSSR count). The highest BCUT2D eigenvalue weighted by Gasteiger charge is 2.06. The van der Waals surface area contributed by atoms with Crippen molar-refractivity contribution >= 4 is 15.9 Å². The second-order valence-corrected chi connectivity index (χ2v) is 4.40. The van der Waals surface area contributed by atoms with Gasteiger partial charge in [-0.1, -0.05) is 26.2 Å². The van der Waals surface area contributed by atoms with Crippen LogP contribution in [0.2, 0.25) is 0 Å². The zero-order chi connectivity index (χ0) is 12.3. The Balaban J connectivity index is 2.07. The van der Waals surface area contributed by atoms with Gasteiger partial charge in [0.15, 0.2) is 0 Å². The van der Waals surface area contributed by atoms with E-state index >= 15 is 0 Å². The fourth-order valence-corrected chi connectivity index (χ4v) is 1.74. The van der Waals surface area contributed by atoms with E-state index in [1.165, 1.54) is 0 Å². The fraction of sp³-hybridized carbons (Fsp3) is 0.273. The summed E-state index contributed by atoms with van der Waals surface area (Å²) in [5.74, 6) is 0.746. The minimum Gasteiger partial charge on any atom is -0.487 e. The molecule has 0 atom stereocenters. The van der Waals surface area contributed by atoms with Gasteiger partial charge in [-0.15, -0.1) is 0 Å². The van der Waals surface area contributed by atoms with Gasteiger partial charge in [-0.2, -0.15) is 0 Å². The smallest absolute Gasteiger partial charge is 0.145 e. The van der Waals surface area contributed by atoms with Gasteiger partial charge in [0, 0.05) is 11.0 Å². The lowest BCUT2D eigenvalue weighted by molar-refractivity contribution is 0.270. The number of hydrogen-bond acceptors (Lipinski definition) is 5. The molecule has 5 nitrogen and oxygen atoms in total. The van der Waals surface area contributed by atoms with Crippen LogP contribution in [0.5, 0.6) is 5.75 Å². The minimum absolute atomic E-state index is 0.334. The van der Waals surface area contributed by atoms with Gasteiger partial charge in [-0.25, -0.2) is 4.63 Å². The molecule has 2 N–H and O–H groups in total. The number of benzene rings is 1. The van der Waals surface area contributed by atoms with Crippen molar-refractivity contribution in [2.24, 2.45) is 5.73 Å². The van der Waals surface area contributed by atoms with Gasteiger partial charge in [0.1, 0.15) is 23.7 Å². The van der Waals surface area contributed by atoms with Crippen LogP contribution in [-0.2, 0) is 13.2 Å². The van der Waals surface area contributed by atoms with Crippen molar-refractivity contribution in [2.45, 2.75) is 20.1 Å². The van der Waals surface area contributed by atoms with E-state index < -0.39 is 0 Å². The lowest BCUT2D eigenvalue weighted by Gasteiger charge is -2.07. The molecular weight excluding hydrogens is 286 g/mol. The summed E-state index contributed by atoms with van der Waals surface area (Å²) >= 11 is 3.42. The monoisotopic (exact) mass is 297 g/mol. The standard InChI is InChI=1S/C11H12BrN3O2/c1-7-11(15-17-14-7)6-16-9-2-3-10(12)8(4-9)5-13/h2-4H,5-6,13H2,1H3. The topological polar surface area (TPSA) is 74.2 Å². The average Bonchev–Trinajstić information content (AvgIpc) is 2.74. The first-order valence-electron chi connectivity index (χ1n) is 5.10. The molecule has 0 amide bonds. The molecule has 1 heterocycles.